The van der Waals surface area contributed by atoms with Gasteiger partial charge in [0.1, 0.15) is 23.1 Å². The van der Waals surface area contributed by atoms with Crippen LogP contribution < -0.4 is 9.47 Å². The second-order valence-electron chi connectivity index (χ2n) is 3.82. The average Bonchev–Trinajstić information content (AvgIpc) is 2.27. The van der Waals surface area contributed by atoms with Crippen LogP contribution in [0.1, 0.15) is 13.8 Å². The summed E-state index contributed by atoms with van der Waals surface area (Å²) in [5.41, 5.74) is 0. The lowest BCUT2D eigenvalue weighted by Gasteiger charge is -2.19. The number of rotatable bonds is 2. The van der Waals surface area contributed by atoms with Crippen LogP contribution in [-0.4, -0.2) is 24.8 Å². The van der Waals surface area contributed by atoms with Crippen molar-refractivity contribution in [3.8, 4) is 11.5 Å². The molecule has 0 fully saturated rings. The van der Waals surface area contributed by atoms with Crippen LogP contribution in [0.4, 0.5) is 0 Å². The van der Waals surface area contributed by atoms with Crippen LogP contribution in [0.2, 0.25) is 0 Å². The zero-order chi connectivity index (χ0) is 11.5. The van der Waals surface area contributed by atoms with E-state index in [4.69, 9.17) is 9.47 Å². The number of benzene rings is 1. The smallest absolute Gasteiger partial charge is 0.136 e. The Hall–Kier alpha value is -1.16. The van der Waals surface area contributed by atoms with Gasteiger partial charge in [-0.25, -0.2) is 0 Å². The van der Waals surface area contributed by atoms with Crippen molar-refractivity contribution in [3.63, 3.8) is 0 Å². The highest BCUT2D eigenvalue weighted by atomic mass is 32.2. The lowest BCUT2D eigenvalue weighted by molar-refractivity contribution is 0.362. The minimum atomic E-state index is 0.304. The summed E-state index contributed by atoms with van der Waals surface area (Å²) in [7, 11) is 1.67. The molecule has 0 unspecified atom stereocenters. The Morgan fingerprint density at radius 1 is 1.44 bits per heavy atom. The van der Waals surface area contributed by atoms with Crippen molar-refractivity contribution in [2.75, 3.05) is 13.7 Å². The van der Waals surface area contributed by atoms with Crippen molar-refractivity contribution < 1.29 is 9.47 Å². The zero-order valence-electron chi connectivity index (χ0n) is 9.69. The number of methoxy groups -OCH3 is 1. The van der Waals surface area contributed by atoms with Crippen LogP contribution in [-0.2, 0) is 0 Å². The number of hydrogen-bond acceptors (Lipinski definition) is 4. The Morgan fingerprint density at radius 2 is 2.25 bits per heavy atom. The molecule has 0 saturated heterocycles. The number of thioether (sulfide) groups is 1. The summed E-state index contributed by atoms with van der Waals surface area (Å²) in [6, 6.07) is 6.13. The Bertz CT molecular complexity index is 415. The Morgan fingerprint density at radius 3 is 2.94 bits per heavy atom. The Kier molecular flexibility index (Phi) is 3.39. The second-order valence-corrected chi connectivity index (χ2v) is 4.94. The van der Waals surface area contributed by atoms with E-state index in [2.05, 4.69) is 18.8 Å². The highest BCUT2D eigenvalue weighted by Gasteiger charge is 2.17. The molecule has 0 spiro atoms. The predicted octanol–water partition coefficient (Wildman–Crippen LogP) is 2.99. The van der Waals surface area contributed by atoms with Crippen molar-refractivity contribution in [2.24, 2.45) is 4.99 Å². The fourth-order valence-electron chi connectivity index (χ4n) is 1.46. The summed E-state index contributed by atoms with van der Waals surface area (Å²) >= 11 is 1.66. The molecule has 1 heterocycles. The molecule has 16 heavy (non-hydrogen) atoms. The van der Waals surface area contributed by atoms with E-state index in [0.29, 0.717) is 12.6 Å². The van der Waals surface area contributed by atoms with E-state index < -0.39 is 0 Å². The van der Waals surface area contributed by atoms with Gasteiger partial charge in [-0.3, -0.25) is 4.99 Å². The highest BCUT2D eigenvalue weighted by molar-refractivity contribution is 8.14. The normalized spacial score (nSPS) is 17.1. The van der Waals surface area contributed by atoms with Crippen molar-refractivity contribution in [2.45, 2.75) is 24.8 Å². The Labute approximate surface area is 99.9 Å². The van der Waals surface area contributed by atoms with Crippen LogP contribution >= 0.6 is 11.8 Å². The maximum Gasteiger partial charge on any atom is 0.136 e. The van der Waals surface area contributed by atoms with E-state index in [1.54, 1.807) is 18.9 Å². The molecule has 0 bridgehead atoms. The van der Waals surface area contributed by atoms with Gasteiger partial charge in [0, 0.05) is 6.04 Å². The molecule has 0 saturated carbocycles. The topological polar surface area (TPSA) is 30.8 Å². The van der Waals surface area contributed by atoms with E-state index in [1.165, 1.54) is 0 Å². The molecule has 1 aromatic carbocycles. The first-order chi connectivity index (χ1) is 7.69. The van der Waals surface area contributed by atoms with Crippen molar-refractivity contribution >= 4 is 16.8 Å². The van der Waals surface area contributed by atoms with Crippen LogP contribution in [0, 0.1) is 0 Å². The second kappa shape index (κ2) is 4.78. The fraction of sp³-hybridized carbons (Fsp3) is 0.417. The van der Waals surface area contributed by atoms with Crippen LogP contribution in [0.25, 0.3) is 0 Å². The maximum absolute atomic E-state index is 5.63. The van der Waals surface area contributed by atoms with Crippen molar-refractivity contribution in [1.82, 2.24) is 0 Å². The van der Waals surface area contributed by atoms with Gasteiger partial charge < -0.3 is 9.47 Å². The molecule has 3 nitrogen and oxygen atoms in total. The van der Waals surface area contributed by atoms with E-state index in [1.807, 2.05) is 18.2 Å². The number of aliphatic imine (C=N–C) groups is 1. The predicted molar refractivity (Wildman–Crippen MR) is 66.9 cm³/mol. The quantitative estimate of drug-likeness (QED) is 0.792. The minimum absolute atomic E-state index is 0.304. The SMILES string of the molecule is COc1ccc2c(c1)SC(=NC(C)C)CO2. The van der Waals surface area contributed by atoms with E-state index >= 15 is 0 Å². The van der Waals surface area contributed by atoms with Gasteiger partial charge in [0.15, 0.2) is 0 Å². The molecule has 4 heteroatoms. The zero-order valence-corrected chi connectivity index (χ0v) is 10.5. The molecule has 1 aromatic rings. The first kappa shape index (κ1) is 11.3. The number of hydrogen-bond donors (Lipinski definition) is 0. The molecule has 1 aliphatic rings. The third-order valence-electron chi connectivity index (χ3n) is 2.13. The highest BCUT2D eigenvalue weighted by Crippen LogP contribution is 2.37. The van der Waals surface area contributed by atoms with Gasteiger partial charge in [-0.15, -0.1) is 0 Å². The van der Waals surface area contributed by atoms with Gasteiger partial charge in [0.2, 0.25) is 0 Å². The van der Waals surface area contributed by atoms with Crippen LogP contribution in [0.3, 0.4) is 0 Å². The first-order valence-electron chi connectivity index (χ1n) is 5.24. The fourth-order valence-corrected chi connectivity index (χ4v) is 2.50. The molecular formula is C12H15NO2S. The summed E-state index contributed by atoms with van der Waals surface area (Å²) in [6.07, 6.45) is 0. The molecule has 0 amide bonds. The number of fused-ring (bicyclic) bond motifs is 1. The van der Waals surface area contributed by atoms with Gasteiger partial charge in [0.25, 0.3) is 0 Å². The lowest BCUT2D eigenvalue weighted by atomic mass is 10.3. The van der Waals surface area contributed by atoms with E-state index in [9.17, 15) is 0 Å². The van der Waals surface area contributed by atoms with Gasteiger partial charge >= 0.3 is 0 Å². The molecule has 0 aliphatic carbocycles. The molecule has 86 valence electrons. The van der Waals surface area contributed by atoms with Gasteiger partial charge in [-0.05, 0) is 32.0 Å². The summed E-state index contributed by atoms with van der Waals surface area (Å²) in [5.74, 6) is 1.76. The van der Waals surface area contributed by atoms with Gasteiger partial charge in [-0.1, -0.05) is 11.8 Å². The molecule has 0 radical (unpaired) electrons. The van der Waals surface area contributed by atoms with Gasteiger partial charge in [-0.2, -0.15) is 0 Å². The Balaban J connectivity index is 2.24. The first-order valence-corrected chi connectivity index (χ1v) is 6.06. The molecular weight excluding hydrogens is 222 g/mol. The summed E-state index contributed by atoms with van der Waals surface area (Å²) in [4.78, 5) is 5.58. The van der Waals surface area contributed by atoms with Gasteiger partial charge in [0.05, 0.1) is 12.0 Å². The molecule has 0 aromatic heterocycles. The largest absolute Gasteiger partial charge is 0.497 e. The van der Waals surface area contributed by atoms with Crippen LogP contribution in [0.15, 0.2) is 28.1 Å². The van der Waals surface area contributed by atoms with Crippen molar-refractivity contribution in [1.29, 1.82) is 0 Å². The number of ether oxygens (including phenoxy) is 2. The third-order valence-corrected chi connectivity index (χ3v) is 3.13. The maximum atomic E-state index is 5.63. The monoisotopic (exact) mass is 237 g/mol. The summed E-state index contributed by atoms with van der Waals surface area (Å²) in [6.45, 7) is 4.70. The van der Waals surface area contributed by atoms with E-state index in [-0.39, 0.29) is 0 Å². The summed E-state index contributed by atoms with van der Waals surface area (Å²) < 4.78 is 10.8. The molecule has 2 rings (SSSR count). The average molecular weight is 237 g/mol. The van der Waals surface area contributed by atoms with E-state index in [0.717, 1.165) is 21.4 Å². The molecule has 1 aliphatic heterocycles. The third kappa shape index (κ3) is 2.50. The lowest BCUT2D eigenvalue weighted by Crippen LogP contribution is -2.15. The molecule has 0 N–H and O–H groups in total. The molecule has 0 atom stereocenters. The summed E-state index contributed by atoms with van der Waals surface area (Å²) in [5, 5.41) is 1.02. The van der Waals surface area contributed by atoms with Crippen molar-refractivity contribution in [3.05, 3.63) is 18.2 Å². The number of nitrogens with zero attached hydrogens (tertiary/aromatic N) is 1. The standard InChI is InChI=1S/C12H15NO2S/c1-8(2)13-12-7-15-10-5-4-9(14-3)6-11(10)16-12/h4-6,8H,7H2,1-3H3. The minimum Gasteiger partial charge on any atom is -0.497 e. The van der Waals surface area contributed by atoms with Crippen LogP contribution in [0.5, 0.6) is 11.5 Å².